The van der Waals surface area contributed by atoms with Gasteiger partial charge in [-0.1, -0.05) is 30.7 Å². The number of rotatable bonds is 7. The molecule has 90 valence electrons. The summed E-state index contributed by atoms with van der Waals surface area (Å²) in [7, 11) is 2.20. The lowest BCUT2D eigenvalue weighted by molar-refractivity contribution is 0.318. The summed E-state index contributed by atoms with van der Waals surface area (Å²) >= 11 is 4.23. The fourth-order valence-electron chi connectivity index (χ4n) is 1.83. The Hall–Kier alpha value is -0.470. The molecule has 0 atom stereocenters. The third kappa shape index (κ3) is 5.04. The minimum absolute atomic E-state index is 1.02. The van der Waals surface area contributed by atoms with Crippen molar-refractivity contribution in [2.24, 2.45) is 0 Å². The Balaban J connectivity index is 2.28. The minimum atomic E-state index is 1.02. The average molecular weight is 237 g/mol. The molecule has 0 amide bonds. The first kappa shape index (κ1) is 13.6. The van der Waals surface area contributed by atoms with Crippen LogP contribution in [0.25, 0.3) is 0 Å². The van der Waals surface area contributed by atoms with Crippen LogP contribution in [0.15, 0.2) is 24.3 Å². The van der Waals surface area contributed by atoms with E-state index in [1.165, 1.54) is 36.9 Å². The molecule has 0 radical (unpaired) electrons. The highest BCUT2D eigenvalue weighted by Crippen LogP contribution is 2.10. The molecule has 0 N–H and O–H groups in total. The molecule has 0 bridgehead atoms. The van der Waals surface area contributed by atoms with Gasteiger partial charge >= 0.3 is 0 Å². The van der Waals surface area contributed by atoms with Gasteiger partial charge in [0.15, 0.2) is 0 Å². The molecule has 0 aliphatic carbocycles. The van der Waals surface area contributed by atoms with Crippen LogP contribution in [0.3, 0.4) is 0 Å². The molecule has 1 rings (SSSR count). The fourth-order valence-corrected chi connectivity index (χ4v) is 2.05. The summed E-state index contributed by atoms with van der Waals surface area (Å²) in [5, 5.41) is 0. The lowest BCUT2D eigenvalue weighted by atomic mass is 10.1. The molecule has 0 saturated heterocycles. The van der Waals surface area contributed by atoms with E-state index in [2.05, 4.69) is 55.8 Å². The summed E-state index contributed by atoms with van der Waals surface area (Å²) in [6, 6.07) is 8.63. The van der Waals surface area contributed by atoms with E-state index < -0.39 is 0 Å². The molecule has 1 aromatic carbocycles. The minimum Gasteiger partial charge on any atom is -0.302 e. The number of hydrogen-bond donors (Lipinski definition) is 1. The zero-order chi connectivity index (χ0) is 11.8. The zero-order valence-electron chi connectivity index (χ0n) is 10.4. The van der Waals surface area contributed by atoms with E-state index in [0.717, 1.165) is 12.3 Å². The smallest absolute Gasteiger partial charge is 0.0233 e. The standard InChI is InChI=1S/C14H23NS/c1-13-8-4-5-9-14(13)12-15(2)10-6-3-7-11-16/h4-5,8-9,16H,3,6-7,10-12H2,1-2H3. The monoisotopic (exact) mass is 237 g/mol. The maximum absolute atomic E-state index is 4.23. The molecule has 0 aromatic heterocycles. The predicted molar refractivity (Wildman–Crippen MR) is 75.2 cm³/mol. The maximum atomic E-state index is 4.23. The van der Waals surface area contributed by atoms with E-state index in [9.17, 15) is 0 Å². The van der Waals surface area contributed by atoms with Crippen molar-refractivity contribution in [2.45, 2.75) is 32.7 Å². The highest BCUT2D eigenvalue weighted by molar-refractivity contribution is 7.80. The Morgan fingerprint density at radius 1 is 1.12 bits per heavy atom. The number of thiol groups is 1. The molecule has 16 heavy (non-hydrogen) atoms. The average Bonchev–Trinajstić information content (AvgIpc) is 2.28. The Morgan fingerprint density at radius 3 is 2.56 bits per heavy atom. The van der Waals surface area contributed by atoms with Crippen molar-refractivity contribution in [1.82, 2.24) is 4.90 Å². The van der Waals surface area contributed by atoms with Crippen molar-refractivity contribution in [3.63, 3.8) is 0 Å². The van der Waals surface area contributed by atoms with Crippen LogP contribution in [0, 0.1) is 6.92 Å². The van der Waals surface area contributed by atoms with Gasteiger partial charge in [0, 0.05) is 6.54 Å². The normalized spacial score (nSPS) is 11.0. The molecule has 0 spiro atoms. The molecule has 1 nitrogen and oxygen atoms in total. The zero-order valence-corrected chi connectivity index (χ0v) is 11.3. The molecular formula is C14H23NS. The third-order valence-electron chi connectivity index (χ3n) is 2.90. The predicted octanol–water partition coefficient (Wildman–Crippen LogP) is 3.53. The Labute approximate surface area is 105 Å². The van der Waals surface area contributed by atoms with Crippen LogP contribution in [0.1, 0.15) is 30.4 Å². The van der Waals surface area contributed by atoms with Gasteiger partial charge in [-0.2, -0.15) is 12.6 Å². The summed E-state index contributed by atoms with van der Waals surface area (Å²) in [6.45, 7) is 4.43. The first-order valence-corrected chi connectivity index (χ1v) is 6.71. The quantitative estimate of drug-likeness (QED) is 0.561. The number of hydrogen-bond acceptors (Lipinski definition) is 2. The largest absolute Gasteiger partial charge is 0.302 e. The Bertz CT molecular complexity index is 299. The van der Waals surface area contributed by atoms with E-state index in [4.69, 9.17) is 0 Å². The van der Waals surface area contributed by atoms with E-state index in [1.807, 2.05) is 0 Å². The SMILES string of the molecule is Cc1ccccc1CN(C)CCCCCS. The first-order chi connectivity index (χ1) is 7.74. The molecule has 0 unspecified atom stereocenters. The van der Waals surface area contributed by atoms with Crippen LogP contribution in [0.4, 0.5) is 0 Å². The second-order valence-corrected chi connectivity index (χ2v) is 4.90. The van der Waals surface area contributed by atoms with Crippen LogP contribution in [-0.4, -0.2) is 24.2 Å². The second-order valence-electron chi connectivity index (χ2n) is 4.45. The molecule has 0 heterocycles. The highest BCUT2D eigenvalue weighted by Gasteiger charge is 2.01. The summed E-state index contributed by atoms with van der Waals surface area (Å²) < 4.78 is 0. The van der Waals surface area contributed by atoms with Crippen molar-refractivity contribution in [3.05, 3.63) is 35.4 Å². The van der Waals surface area contributed by atoms with E-state index in [1.54, 1.807) is 0 Å². The van der Waals surface area contributed by atoms with Gasteiger partial charge in [-0.15, -0.1) is 0 Å². The van der Waals surface area contributed by atoms with Gasteiger partial charge in [0.1, 0.15) is 0 Å². The van der Waals surface area contributed by atoms with Gasteiger partial charge in [0.2, 0.25) is 0 Å². The Kier molecular flexibility index (Phi) is 6.58. The number of benzene rings is 1. The Morgan fingerprint density at radius 2 is 1.88 bits per heavy atom. The third-order valence-corrected chi connectivity index (χ3v) is 3.22. The second kappa shape index (κ2) is 7.75. The van der Waals surface area contributed by atoms with Crippen molar-refractivity contribution in [2.75, 3.05) is 19.3 Å². The van der Waals surface area contributed by atoms with E-state index in [0.29, 0.717) is 0 Å². The number of aryl methyl sites for hydroxylation is 1. The van der Waals surface area contributed by atoms with Gasteiger partial charge in [0.25, 0.3) is 0 Å². The van der Waals surface area contributed by atoms with Gasteiger partial charge in [-0.3, -0.25) is 0 Å². The van der Waals surface area contributed by atoms with Crippen LogP contribution < -0.4 is 0 Å². The van der Waals surface area contributed by atoms with Crippen LogP contribution >= 0.6 is 12.6 Å². The first-order valence-electron chi connectivity index (χ1n) is 6.08. The topological polar surface area (TPSA) is 3.24 Å². The summed E-state index contributed by atoms with van der Waals surface area (Å²) in [5.41, 5.74) is 2.84. The lowest BCUT2D eigenvalue weighted by Crippen LogP contribution is -2.19. The number of nitrogens with zero attached hydrogens (tertiary/aromatic N) is 1. The van der Waals surface area contributed by atoms with Gasteiger partial charge in [0.05, 0.1) is 0 Å². The van der Waals surface area contributed by atoms with E-state index >= 15 is 0 Å². The summed E-state index contributed by atoms with van der Waals surface area (Å²) in [5.74, 6) is 1.02. The van der Waals surface area contributed by atoms with Crippen molar-refractivity contribution < 1.29 is 0 Å². The molecule has 0 fully saturated rings. The maximum Gasteiger partial charge on any atom is 0.0233 e. The molecular weight excluding hydrogens is 214 g/mol. The molecule has 1 aromatic rings. The fraction of sp³-hybridized carbons (Fsp3) is 0.571. The van der Waals surface area contributed by atoms with Gasteiger partial charge in [-0.05, 0) is 50.2 Å². The lowest BCUT2D eigenvalue weighted by Gasteiger charge is -2.17. The molecule has 0 aliphatic rings. The van der Waals surface area contributed by atoms with Crippen molar-refractivity contribution >= 4 is 12.6 Å². The van der Waals surface area contributed by atoms with Gasteiger partial charge in [-0.25, -0.2) is 0 Å². The molecule has 0 aliphatic heterocycles. The summed E-state index contributed by atoms with van der Waals surface area (Å²) in [4.78, 5) is 2.40. The summed E-state index contributed by atoms with van der Waals surface area (Å²) in [6.07, 6.45) is 3.81. The van der Waals surface area contributed by atoms with Crippen molar-refractivity contribution in [1.29, 1.82) is 0 Å². The van der Waals surface area contributed by atoms with Crippen molar-refractivity contribution in [3.8, 4) is 0 Å². The molecule has 0 saturated carbocycles. The highest BCUT2D eigenvalue weighted by atomic mass is 32.1. The van der Waals surface area contributed by atoms with E-state index in [-0.39, 0.29) is 0 Å². The molecule has 2 heteroatoms. The van der Waals surface area contributed by atoms with Crippen LogP contribution in [-0.2, 0) is 6.54 Å². The van der Waals surface area contributed by atoms with Crippen LogP contribution in [0.5, 0.6) is 0 Å². The van der Waals surface area contributed by atoms with Gasteiger partial charge < -0.3 is 4.90 Å². The number of unbranched alkanes of at least 4 members (excludes halogenated alkanes) is 2. The van der Waals surface area contributed by atoms with Crippen LogP contribution in [0.2, 0.25) is 0 Å².